The minimum absolute atomic E-state index is 0.0891. The Bertz CT molecular complexity index is 419. The number of unbranched alkanes of at least 4 members (excludes halogenated alkanes) is 2. The molecule has 0 amide bonds. The normalized spacial score (nSPS) is 21.7. The summed E-state index contributed by atoms with van der Waals surface area (Å²) in [6, 6.07) is -1.74. The van der Waals surface area contributed by atoms with Gasteiger partial charge in [-0.2, -0.15) is 26.3 Å². The van der Waals surface area contributed by atoms with Gasteiger partial charge in [-0.3, -0.25) is 14.9 Å². The number of carboxylic acids is 1. The van der Waals surface area contributed by atoms with Gasteiger partial charge in [0.15, 0.2) is 0 Å². The molecule has 0 aromatic heterocycles. The van der Waals surface area contributed by atoms with Gasteiger partial charge in [0, 0.05) is 6.42 Å². The van der Waals surface area contributed by atoms with Crippen molar-refractivity contribution >= 4 is 11.9 Å². The first-order valence-electron chi connectivity index (χ1n) is 6.26. The first-order chi connectivity index (χ1) is 9.91. The van der Waals surface area contributed by atoms with Crippen molar-refractivity contribution in [1.29, 1.82) is 0 Å². The van der Waals surface area contributed by atoms with Crippen LogP contribution in [0.2, 0.25) is 0 Å². The summed E-state index contributed by atoms with van der Waals surface area (Å²) in [4.78, 5) is 21.5. The Balaban J connectivity index is 2.66. The molecule has 0 aromatic carbocycles. The fraction of sp³-hybridized carbons (Fsp3) is 0.818. The average molecular weight is 337 g/mol. The molecule has 5 nitrogen and oxygen atoms in total. The van der Waals surface area contributed by atoms with Gasteiger partial charge in [0.25, 0.3) is 0 Å². The molecule has 0 aliphatic carbocycles. The molecule has 1 atom stereocenters. The van der Waals surface area contributed by atoms with Crippen molar-refractivity contribution in [3.05, 3.63) is 0 Å². The number of hydrogen-bond donors (Lipinski definition) is 2. The summed E-state index contributed by atoms with van der Waals surface area (Å²) >= 11 is 0. The number of carboxylic acid groups (broad SMARTS) is 1. The van der Waals surface area contributed by atoms with Crippen LogP contribution in [0.5, 0.6) is 0 Å². The Hall–Kier alpha value is -1.52. The van der Waals surface area contributed by atoms with Gasteiger partial charge < -0.3 is 9.84 Å². The van der Waals surface area contributed by atoms with Gasteiger partial charge in [-0.15, -0.1) is 0 Å². The maximum atomic E-state index is 12.7. The minimum Gasteiger partial charge on any atom is -0.481 e. The third kappa shape index (κ3) is 3.81. The van der Waals surface area contributed by atoms with Crippen molar-refractivity contribution in [3.63, 3.8) is 0 Å². The molecule has 1 aliphatic heterocycles. The van der Waals surface area contributed by atoms with E-state index in [4.69, 9.17) is 5.11 Å². The van der Waals surface area contributed by atoms with E-state index in [-0.39, 0.29) is 32.1 Å². The molecule has 0 radical (unpaired) electrons. The Labute approximate surface area is 120 Å². The van der Waals surface area contributed by atoms with Crippen LogP contribution in [0.4, 0.5) is 26.3 Å². The van der Waals surface area contributed by atoms with Crippen molar-refractivity contribution in [2.45, 2.75) is 56.2 Å². The standard InChI is InChI=1S/C11H13F6NO4/c12-10(13,14)9(11(15,16)17)18-6(8(21)22-9)4-2-1-3-5-7(19)20/h6,18H,1-5H2,(H,19,20)/t6-/m0/s1. The molecule has 1 saturated heterocycles. The SMILES string of the molecule is O=C(O)CCCCC[C@@H]1NC(C(F)(F)F)(C(F)(F)F)OC1=O. The monoisotopic (exact) mass is 337 g/mol. The molecule has 0 aromatic rings. The van der Waals surface area contributed by atoms with Gasteiger partial charge in [0.1, 0.15) is 6.04 Å². The number of cyclic esters (lactones) is 1. The van der Waals surface area contributed by atoms with Gasteiger partial charge >= 0.3 is 30.0 Å². The molecule has 0 unspecified atom stereocenters. The second-order valence-corrected chi connectivity index (χ2v) is 4.79. The molecular weight excluding hydrogens is 324 g/mol. The molecule has 22 heavy (non-hydrogen) atoms. The van der Waals surface area contributed by atoms with E-state index in [9.17, 15) is 35.9 Å². The van der Waals surface area contributed by atoms with Gasteiger partial charge in [0.05, 0.1) is 0 Å². The number of carbonyl (C=O) groups is 2. The molecule has 11 heteroatoms. The lowest BCUT2D eigenvalue weighted by Gasteiger charge is -2.31. The van der Waals surface area contributed by atoms with Crippen molar-refractivity contribution in [3.8, 4) is 0 Å². The van der Waals surface area contributed by atoms with E-state index >= 15 is 0 Å². The fourth-order valence-electron chi connectivity index (χ4n) is 1.99. The zero-order valence-corrected chi connectivity index (χ0v) is 11.1. The Kier molecular flexibility index (Phi) is 5.31. The predicted molar refractivity (Wildman–Crippen MR) is 58.6 cm³/mol. The number of halogens is 6. The molecule has 0 spiro atoms. The zero-order valence-electron chi connectivity index (χ0n) is 11.1. The Morgan fingerprint density at radius 3 is 2.09 bits per heavy atom. The fourth-order valence-corrected chi connectivity index (χ4v) is 1.99. The summed E-state index contributed by atoms with van der Waals surface area (Å²) in [7, 11) is 0. The number of nitrogens with one attached hydrogen (secondary N) is 1. The smallest absolute Gasteiger partial charge is 0.452 e. The number of aliphatic carboxylic acids is 1. The van der Waals surface area contributed by atoms with E-state index in [1.54, 1.807) is 0 Å². The lowest BCUT2D eigenvalue weighted by molar-refractivity contribution is -0.369. The number of rotatable bonds is 6. The van der Waals surface area contributed by atoms with E-state index in [0.29, 0.717) is 0 Å². The molecule has 1 heterocycles. The first kappa shape index (κ1) is 18.5. The Morgan fingerprint density at radius 1 is 1.14 bits per heavy atom. The minimum atomic E-state index is -5.85. The second kappa shape index (κ2) is 6.31. The molecule has 128 valence electrons. The van der Waals surface area contributed by atoms with E-state index in [1.807, 2.05) is 0 Å². The van der Waals surface area contributed by atoms with E-state index in [1.165, 1.54) is 5.32 Å². The van der Waals surface area contributed by atoms with E-state index in [0.717, 1.165) is 0 Å². The van der Waals surface area contributed by atoms with Crippen molar-refractivity contribution < 1.29 is 45.8 Å². The van der Waals surface area contributed by atoms with Crippen LogP contribution in [0.3, 0.4) is 0 Å². The number of alkyl halides is 6. The molecule has 2 N–H and O–H groups in total. The molecule has 0 saturated carbocycles. The highest BCUT2D eigenvalue weighted by molar-refractivity contribution is 5.78. The van der Waals surface area contributed by atoms with Crippen LogP contribution in [-0.2, 0) is 14.3 Å². The van der Waals surface area contributed by atoms with Crippen molar-refractivity contribution in [1.82, 2.24) is 5.32 Å². The van der Waals surface area contributed by atoms with Gasteiger partial charge in [-0.05, 0) is 12.8 Å². The van der Waals surface area contributed by atoms with Crippen LogP contribution in [0.1, 0.15) is 32.1 Å². The predicted octanol–water partition coefficient (Wildman–Crippen LogP) is 2.36. The quantitative estimate of drug-likeness (QED) is 0.442. The molecule has 1 aliphatic rings. The van der Waals surface area contributed by atoms with Crippen LogP contribution >= 0.6 is 0 Å². The number of esters is 1. The number of ether oxygens (including phenoxy) is 1. The topological polar surface area (TPSA) is 75.6 Å². The summed E-state index contributed by atoms with van der Waals surface area (Å²) in [5, 5.41) is 9.57. The molecule has 1 fully saturated rings. The van der Waals surface area contributed by atoms with Crippen molar-refractivity contribution in [2.24, 2.45) is 0 Å². The number of carbonyl (C=O) groups excluding carboxylic acids is 1. The number of hydrogen-bond acceptors (Lipinski definition) is 4. The summed E-state index contributed by atoms with van der Waals surface area (Å²) in [6.45, 7) is 0. The Morgan fingerprint density at radius 2 is 1.68 bits per heavy atom. The van der Waals surface area contributed by atoms with Crippen molar-refractivity contribution in [2.75, 3.05) is 0 Å². The third-order valence-electron chi connectivity index (χ3n) is 3.10. The zero-order chi connectivity index (χ0) is 17.2. The summed E-state index contributed by atoms with van der Waals surface area (Å²) in [5.41, 5.74) is -4.69. The lowest BCUT2D eigenvalue weighted by Crippen LogP contribution is -2.65. The molecular formula is C11H13F6NO4. The van der Waals surface area contributed by atoms with Gasteiger partial charge in [-0.1, -0.05) is 12.8 Å². The summed E-state index contributed by atoms with van der Waals surface area (Å²) < 4.78 is 79.6. The maximum absolute atomic E-state index is 12.7. The maximum Gasteiger partial charge on any atom is 0.452 e. The van der Waals surface area contributed by atoms with E-state index in [2.05, 4.69) is 4.74 Å². The lowest BCUT2D eigenvalue weighted by atomic mass is 10.1. The summed E-state index contributed by atoms with van der Waals surface area (Å²) in [6.07, 6.45) is -11.6. The molecule has 0 bridgehead atoms. The second-order valence-electron chi connectivity index (χ2n) is 4.79. The van der Waals surface area contributed by atoms with Gasteiger partial charge in [-0.25, -0.2) is 0 Å². The highest BCUT2D eigenvalue weighted by Gasteiger charge is 2.78. The molecule has 1 rings (SSSR count). The van der Waals surface area contributed by atoms with Crippen LogP contribution in [0.25, 0.3) is 0 Å². The van der Waals surface area contributed by atoms with Crippen LogP contribution in [0.15, 0.2) is 0 Å². The highest BCUT2D eigenvalue weighted by atomic mass is 19.4. The van der Waals surface area contributed by atoms with Crippen LogP contribution < -0.4 is 5.32 Å². The largest absolute Gasteiger partial charge is 0.481 e. The average Bonchev–Trinajstić information content (AvgIpc) is 2.66. The highest BCUT2D eigenvalue weighted by Crippen LogP contribution is 2.47. The third-order valence-corrected chi connectivity index (χ3v) is 3.10. The summed E-state index contributed by atoms with van der Waals surface area (Å²) in [5.74, 6) is -2.69. The van der Waals surface area contributed by atoms with Crippen LogP contribution in [0, 0.1) is 0 Å². The van der Waals surface area contributed by atoms with E-state index < -0.39 is 36.1 Å². The van der Waals surface area contributed by atoms with Gasteiger partial charge in [0.2, 0.25) is 0 Å². The van der Waals surface area contributed by atoms with Crippen LogP contribution in [-0.4, -0.2) is 41.2 Å². The first-order valence-corrected chi connectivity index (χ1v) is 6.26.